The number of hydrogen-bond acceptors (Lipinski definition) is 6. The standard InChI is InChI=1S/C15H16N2O3S/c1-2-19-14(18)12-10-21-15(16-12)17-7-8-20-13-6-4-3-5-11(13)9-17/h3-6,10H,2,7-9H2,1H3. The molecule has 110 valence electrons. The van der Waals surface area contributed by atoms with Crippen molar-refractivity contribution < 1.29 is 14.3 Å². The molecule has 3 rings (SSSR count). The zero-order valence-corrected chi connectivity index (χ0v) is 12.6. The molecule has 0 amide bonds. The molecule has 0 N–H and O–H groups in total. The van der Waals surface area contributed by atoms with Gasteiger partial charge in [-0.15, -0.1) is 11.3 Å². The highest BCUT2D eigenvalue weighted by atomic mass is 32.1. The lowest BCUT2D eigenvalue weighted by Gasteiger charge is -2.18. The Hall–Kier alpha value is -2.08. The molecule has 1 aromatic carbocycles. The van der Waals surface area contributed by atoms with Gasteiger partial charge in [0.2, 0.25) is 0 Å². The molecule has 2 aromatic rings. The van der Waals surface area contributed by atoms with Crippen molar-refractivity contribution in [2.24, 2.45) is 0 Å². The monoisotopic (exact) mass is 304 g/mol. The van der Waals surface area contributed by atoms with E-state index in [2.05, 4.69) is 9.88 Å². The molecule has 1 aliphatic rings. The molecule has 0 saturated heterocycles. The van der Waals surface area contributed by atoms with Crippen LogP contribution in [0.3, 0.4) is 0 Å². The molecule has 0 bridgehead atoms. The number of carbonyl (C=O) groups is 1. The number of esters is 1. The average Bonchev–Trinajstić information content (AvgIpc) is 2.88. The zero-order chi connectivity index (χ0) is 14.7. The van der Waals surface area contributed by atoms with E-state index in [1.807, 2.05) is 24.3 Å². The number of fused-ring (bicyclic) bond motifs is 1. The summed E-state index contributed by atoms with van der Waals surface area (Å²) in [6.07, 6.45) is 0. The molecule has 0 unspecified atom stereocenters. The minimum Gasteiger partial charge on any atom is -0.491 e. The van der Waals surface area contributed by atoms with E-state index in [1.165, 1.54) is 11.3 Å². The first-order valence-corrected chi connectivity index (χ1v) is 7.74. The lowest BCUT2D eigenvalue weighted by atomic mass is 10.2. The number of nitrogens with zero attached hydrogens (tertiary/aromatic N) is 2. The van der Waals surface area contributed by atoms with Gasteiger partial charge in [0.1, 0.15) is 12.4 Å². The molecule has 1 aromatic heterocycles. The Morgan fingerprint density at radius 2 is 2.33 bits per heavy atom. The predicted molar refractivity (Wildman–Crippen MR) is 81.1 cm³/mol. The molecule has 0 aliphatic carbocycles. The SMILES string of the molecule is CCOC(=O)c1csc(N2CCOc3ccccc3C2)n1. The van der Waals surface area contributed by atoms with Crippen molar-refractivity contribution in [3.8, 4) is 5.75 Å². The van der Waals surface area contributed by atoms with Crippen LogP contribution in [-0.4, -0.2) is 30.7 Å². The summed E-state index contributed by atoms with van der Waals surface area (Å²) in [6.45, 7) is 4.21. The summed E-state index contributed by atoms with van der Waals surface area (Å²) in [5, 5.41) is 2.56. The van der Waals surface area contributed by atoms with Crippen LogP contribution in [-0.2, 0) is 11.3 Å². The van der Waals surface area contributed by atoms with Crippen molar-refractivity contribution in [1.29, 1.82) is 0 Å². The third-order valence-corrected chi connectivity index (χ3v) is 4.10. The van der Waals surface area contributed by atoms with Gasteiger partial charge in [-0.3, -0.25) is 0 Å². The zero-order valence-electron chi connectivity index (χ0n) is 11.7. The van der Waals surface area contributed by atoms with Crippen LogP contribution in [0.1, 0.15) is 23.0 Å². The van der Waals surface area contributed by atoms with Gasteiger partial charge in [0.15, 0.2) is 10.8 Å². The Morgan fingerprint density at radius 3 is 3.19 bits per heavy atom. The topological polar surface area (TPSA) is 51.7 Å². The maximum Gasteiger partial charge on any atom is 0.357 e. The number of hydrogen-bond donors (Lipinski definition) is 0. The number of benzene rings is 1. The van der Waals surface area contributed by atoms with Crippen LogP contribution in [0.15, 0.2) is 29.6 Å². The first-order valence-electron chi connectivity index (χ1n) is 6.86. The summed E-state index contributed by atoms with van der Waals surface area (Å²) in [5.41, 5.74) is 1.50. The molecule has 0 radical (unpaired) electrons. The molecule has 5 nitrogen and oxygen atoms in total. The summed E-state index contributed by atoms with van der Waals surface area (Å²) >= 11 is 1.45. The van der Waals surface area contributed by atoms with Crippen molar-refractivity contribution in [3.05, 3.63) is 40.9 Å². The molecule has 0 atom stereocenters. The number of carbonyl (C=O) groups excluding carboxylic acids is 1. The lowest BCUT2D eigenvalue weighted by Crippen LogP contribution is -2.25. The van der Waals surface area contributed by atoms with E-state index in [-0.39, 0.29) is 5.97 Å². The largest absolute Gasteiger partial charge is 0.491 e. The molecule has 1 aliphatic heterocycles. The van der Waals surface area contributed by atoms with Crippen molar-refractivity contribution in [1.82, 2.24) is 4.98 Å². The number of para-hydroxylation sites is 1. The van der Waals surface area contributed by atoms with E-state index in [0.29, 0.717) is 18.9 Å². The highest BCUT2D eigenvalue weighted by molar-refractivity contribution is 7.13. The fraction of sp³-hybridized carbons (Fsp3) is 0.333. The summed E-state index contributed by atoms with van der Waals surface area (Å²) in [4.78, 5) is 18.2. The van der Waals surface area contributed by atoms with E-state index in [1.54, 1.807) is 12.3 Å². The quantitative estimate of drug-likeness (QED) is 0.816. The molecule has 6 heteroatoms. The van der Waals surface area contributed by atoms with E-state index >= 15 is 0 Å². The Balaban J connectivity index is 1.80. The number of aromatic nitrogens is 1. The molecule has 2 heterocycles. The van der Waals surface area contributed by atoms with Crippen LogP contribution >= 0.6 is 11.3 Å². The molecule has 21 heavy (non-hydrogen) atoms. The van der Waals surface area contributed by atoms with Crippen molar-refractivity contribution in [3.63, 3.8) is 0 Å². The number of anilines is 1. The number of ether oxygens (including phenoxy) is 2. The van der Waals surface area contributed by atoms with Gasteiger partial charge in [-0.05, 0) is 13.0 Å². The lowest BCUT2D eigenvalue weighted by molar-refractivity contribution is 0.0520. The second kappa shape index (κ2) is 6.13. The van der Waals surface area contributed by atoms with Gasteiger partial charge in [0.25, 0.3) is 0 Å². The summed E-state index contributed by atoms with van der Waals surface area (Å²) < 4.78 is 10.7. The molecular formula is C15H16N2O3S. The van der Waals surface area contributed by atoms with E-state index in [4.69, 9.17) is 9.47 Å². The fourth-order valence-corrected chi connectivity index (χ4v) is 3.02. The molecule has 0 fully saturated rings. The minimum absolute atomic E-state index is 0.358. The van der Waals surface area contributed by atoms with Crippen LogP contribution < -0.4 is 9.64 Å². The summed E-state index contributed by atoms with van der Waals surface area (Å²) in [5.74, 6) is 0.550. The fourth-order valence-electron chi connectivity index (χ4n) is 2.20. The van der Waals surface area contributed by atoms with Gasteiger partial charge in [-0.25, -0.2) is 9.78 Å². The Morgan fingerprint density at radius 1 is 1.48 bits per heavy atom. The van der Waals surface area contributed by atoms with Crippen LogP contribution in [0.25, 0.3) is 0 Å². The number of thiazole rings is 1. The first kappa shape index (κ1) is 13.9. The number of rotatable bonds is 3. The maximum atomic E-state index is 11.7. The molecular weight excluding hydrogens is 288 g/mol. The Kier molecular flexibility index (Phi) is 4.06. The average molecular weight is 304 g/mol. The highest BCUT2D eigenvalue weighted by Gasteiger charge is 2.19. The van der Waals surface area contributed by atoms with E-state index in [9.17, 15) is 4.79 Å². The smallest absolute Gasteiger partial charge is 0.357 e. The van der Waals surface area contributed by atoms with Gasteiger partial charge in [-0.1, -0.05) is 18.2 Å². The second-order valence-corrected chi connectivity index (χ2v) is 5.45. The van der Waals surface area contributed by atoms with Crippen LogP contribution in [0.5, 0.6) is 5.75 Å². The maximum absolute atomic E-state index is 11.7. The molecule has 0 spiro atoms. The molecule has 0 saturated carbocycles. The Labute approximate surface area is 127 Å². The van der Waals surface area contributed by atoms with Gasteiger partial charge in [0, 0.05) is 17.5 Å². The third-order valence-electron chi connectivity index (χ3n) is 3.20. The third kappa shape index (κ3) is 3.00. The summed E-state index contributed by atoms with van der Waals surface area (Å²) in [7, 11) is 0. The second-order valence-electron chi connectivity index (χ2n) is 4.61. The van der Waals surface area contributed by atoms with Gasteiger partial charge < -0.3 is 14.4 Å². The van der Waals surface area contributed by atoms with Crippen LogP contribution in [0, 0.1) is 0 Å². The summed E-state index contributed by atoms with van der Waals surface area (Å²) in [6, 6.07) is 7.99. The first-order chi connectivity index (χ1) is 10.3. The Bertz CT molecular complexity index is 641. The minimum atomic E-state index is -0.369. The van der Waals surface area contributed by atoms with Crippen molar-refractivity contribution in [2.45, 2.75) is 13.5 Å². The highest BCUT2D eigenvalue weighted by Crippen LogP contribution is 2.28. The van der Waals surface area contributed by atoms with Gasteiger partial charge >= 0.3 is 5.97 Å². The van der Waals surface area contributed by atoms with E-state index in [0.717, 1.165) is 29.5 Å². The van der Waals surface area contributed by atoms with Crippen molar-refractivity contribution >= 4 is 22.4 Å². The van der Waals surface area contributed by atoms with Crippen LogP contribution in [0.2, 0.25) is 0 Å². The van der Waals surface area contributed by atoms with Gasteiger partial charge in [0.05, 0.1) is 13.2 Å². The van der Waals surface area contributed by atoms with Crippen molar-refractivity contribution in [2.75, 3.05) is 24.7 Å². The van der Waals surface area contributed by atoms with Gasteiger partial charge in [-0.2, -0.15) is 0 Å². The predicted octanol–water partition coefficient (Wildman–Crippen LogP) is 2.72. The van der Waals surface area contributed by atoms with E-state index < -0.39 is 0 Å². The normalized spacial score (nSPS) is 14.0. The van der Waals surface area contributed by atoms with Crippen LogP contribution in [0.4, 0.5) is 5.13 Å².